The van der Waals surface area contributed by atoms with Gasteiger partial charge in [0.05, 0.1) is 12.0 Å². The van der Waals surface area contributed by atoms with Gasteiger partial charge in [0, 0.05) is 13.1 Å². The zero-order valence-corrected chi connectivity index (χ0v) is 18.1. The van der Waals surface area contributed by atoms with Gasteiger partial charge in [0.15, 0.2) is 0 Å². The van der Waals surface area contributed by atoms with Gasteiger partial charge in [-0.25, -0.2) is 9.79 Å². The molecule has 0 bridgehead atoms. The summed E-state index contributed by atoms with van der Waals surface area (Å²) in [5.41, 5.74) is -0.954. The number of rotatable bonds is 5. The molecule has 2 atom stereocenters. The summed E-state index contributed by atoms with van der Waals surface area (Å²) < 4.78 is 43.3. The van der Waals surface area contributed by atoms with Crippen LogP contribution in [0.4, 0.5) is 18.0 Å². The topological polar surface area (TPSA) is 118 Å². The molecule has 1 aromatic rings. The van der Waals surface area contributed by atoms with E-state index in [0.717, 1.165) is 23.9 Å². The van der Waals surface area contributed by atoms with Crippen LogP contribution >= 0.6 is 11.6 Å². The van der Waals surface area contributed by atoms with Gasteiger partial charge in [0.1, 0.15) is 18.4 Å². The third-order valence-corrected chi connectivity index (χ3v) is 5.33. The summed E-state index contributed by atoms with van der Waals surface area (Å²) in [5, 5.41) is 19.5. The number of carbonyl (C=O) groups excluding carboxylic acids is 1. The van der Waals surface area contributed by atoms with E-state index in [9.17, 15) is 33.2 Å². The minimum absolute atomic E-state index is 0.178. The Kier molecular flexibility index (Phi) is 6.80. The van der Waals surface area contributed by atoms with Crippen molar-refractivity contribution < 1.29 is 32.7 Å². The molecule has 2 aliphatic rings. The smallest absolute Gasteiger partial charge is 0.416 e. The Morgan fingerprint density at radius 1 is 1.36 bits per heavy atom. The molecule has 1 aromatic carbocycles. The van der Waals surface area contributed by atoms with E-state index < -0.39 is 45.9 Å². The van der Waals surface area contributed by atoms with E-state index >= 15 is 0 Å². The molecule has 0 fully saturated rings. The van der Waals surface area contributed by atoms with Gasteiger partial charge in [0.2, 0.25) is 0 Å². The van der Waals surface area contributed by atoms with Crippen LogP contribution in [0.2, 0.25) is 0 Å². The van der Waals surface area contributed by atoms with E-state index in [1.807, 2.05) is 0 Å². The summed E-state index contributed by atoms with van der Waals surface area (Å²) in [5.74, 6) is -0.540. The average Bonchev–Trinajstić information content (AvgIpc) is 3.13. The number of nitrogens with zero attached hydrogens (tertiary/aromatic N) is 4. The first kappa shape index (κ1) is 24.6. The molecule has 0 aliphatic carbocycles. The van der Waals surface area contributed by atoms with Gasteiger partial charge in [-0.2, -0.15) is 13.2 Å². The molecular formula is C20H20ClF3N4O5. The van der Waals surface area contributed by atoms with E-state index in [1.54, 1.807) is 6.08 Å². The molecule has 1 unspecified atom stereocenters. The lowest BCUT2D eigenvalue weighted by molar-refractivity contribution is -0.345. The standard InChI is InChI=1S/C20H20ClF3N4O5/c1-18(30,11-19(21)25-10-16(26-19)28(31)32)12-33-17(29)27-8-6-14(7-9-27)13-2-4-15(5-3-13)20(22,23)24/h2-6,10,30H,7-9,11-12H2,1H3/t18-,19?/m1/s1. The largest absolute Gasteiger partial charge is 0.446 e. The number of nitro groups is 1. The van der Waals surface area contributed by atoms with Crippen LogP contribution in [-0.2, 0) is 10.9 Å². The van der Waals surface area contributed by atoms with Gasteiger partial charge < -0.3 is 24.9 Å². The van der Waals surface area contributed by atoms with Crippen LogP contribution in [0.3, 0.4) is 0 Å². The van der Waals surface area contributed by atoms with Crippen LogP contribution in [0.5, 0.6) is 0 Å². The molecule has 2 aliphatic heterocycles. The SMILES string of the molecule is C[C@](O)(COC(=O)N1CC=C(c2ccc(C(F)(F)F)cc2)CC1)CC1(Cl)N=CC([N+](=O)[O-])=N1. The van der Waals surface area contributed by atoms with E-state index in [0.29, 0.717) is 12.0 Å². The molecule has 1 amide bonds. The number of halogens is 4. The monoisotopic (exact) mass is 488 g/mol. The number of amides is 1. The molecule has 1 N–H and O–H groups in total. The predicted molar refractivity (Wildman–Crippen MR) is 114 cm³/mol. The number of alkyl halides is 4. The Morgan fingerprint density at radius 3 is 2.55 bits per heavy atom. The lowest BCUT2D eigenvalue weighted by Crippen LogP contribution is -2.41. The van der Waals surface area contributed by atoms with Crippen molar-refractivity contribution in [3.63, 3.8) is 0 Å². The highest BCUT2D eigenvalue weighted by molar-refractivity contribution is 6.33. The molecular weight excluding hydrogens is 469 g/mol. The normalized spacial score (nSPS) is 22.4. The first-order valence-corrected chi connectivity index (χ1v) is 10.1. The molecule has 2 heterocycles. The molecule has 0 saturated carbocycles. The molecule has 178 valence electrons. The summed E-state index contributed by atoms with van der Waals surface area (Å²) in [4.78, 5) is 31.1. The van der Waals surface area contributed by atoms with Crippen molar-refractivity contribution in [1.82, 2.24) is 4.90 Å². The fourth-order valence-electron chi connectivity index (χ4n) is 3.38. The number of hydrogen-bond acceptors (Lipinski definition) is 7. The van der Waals surface area contributed by atoms with Crippen molar-refractivity contribution in [2.75, 3.05) is 19.7 Å². The Hall–Kier alpha value is -2.99. The number of hydrogen-bond donors (Lipinski definition) is 1. The number of amidine groups is 1. The Balaban J connectivity index is 1.53. The molecule has 13 heteroatoms. The second-order valence-corrected chi connectivity index (χ2v) is 8.54. The van der Waals surface area contributed by atoms with Crippen molar-refractivity contribution in [3.05, 3.63) is 51.6 Å². The van der Waals surface area contributed by atoms with Crippen molar-refractivity contribution in [1.29, 1.82) is 0 Å². The quantitative estimate of drug-likeness (QED) is 0.293. The van der Waals surface area contributed by atoms with Gasteiger partial charge >= 0.3 is 23.2 Å². The zero-order valence-electron chi connectivity index (χ0n) is 17.4. The molecule has 0 saturated heterocycles. The van der Waals surface area contributed by atoms with Crippen LogP contribution in [-0.4, -0.2) is 63.5 Å². The van der Waals surface area contributed by atoms with E-state index in [2.05, 4.69) is 9.98 Å². The minimum Gasteiger partial charge on any atom is -0.446 e. The molecule has 0 radical (unpaired) electrons. The zero-order chi connectivity index (χ0) is 24.4. The number of aliphatic imine (C=N–C) groups is 2. The van der Waals surface area contributed by atoms with Crippen LogP contribution < -0.4 is 0 Å². The number of carbonyl (C=O) groups is 1. The van der Waals surface area contributed by atoms with E-state index in [4.69, 9.17) is 16.3 Å². The lowest BCUT2D eigenvalue weighted by atomic mass is 9.98. The summed E-state index contributed by atoms with van der Waals surface area (Å²) in [6.07, 6.45) is -2.42. The third kappa shape index (κ3) is 6.29. The van der Waals surface area contributed by atoms with E-state index in [-0.39, 0.29) is 19.5 Å². The van der Waals surface area contributed by atoms with Crippen molar-refractivity contribution in [3.8, 4) is 0 Å². The Bertz CT molecular complexity index is 1020. The van der Waals surface area contributed by atoms with Crippen LogP contribution in [0.1, 0.15) is 30.9 Å². The first-order valence-electron chi connectivity index (χ1n) is 9.77. The van der Waals surface area contributed by atoms with Crippen LogP contribution in [0, 0.1) is 10.1 Å². The summed E-state index contributed by atoms with van der Waals surface area (Å²) in [6, 6.07) is 4.80. The number of ether oxygens (including phenoxy) is 1. The number of benzene rings is 1. The van der Waals surface area contributed by atoms with Crippen molar-refractivity contribution in [2.45, 2.75) is 36.7 Å². The van der Waals surface area contributed by atoms with Gasteiger partial charge in [-0.15, -0.1) is 0 Å². The van der Waals surface area contributed by atoms with Gasteiger partial charge in [-0.1, -0.05) is 18.2 Å². The Morgan fingerprint density at radius 2 is 2.03 bits per heavy atom. The van der Waals surface area contributed by atoms with Crippen molar-refractivity contribution >= 4 is 35.3 Å². The van der Waals surface area contributed by atoms with Crippen LogP contribution in [0.15, 0.2) is 40.3 Å². The van der Waals surface area contributed by atoms with Gasteiger partial charge in [-0.3, -0.25) is 0 Å². The molecule has 0 aromatic heterocycles. The fourth-order valence-corrected chi connectivity index (χ4v) is 3.80. The number of aliphatic hydroxyl groups is 1. The molecule has 9 nitrogen and oxygen atoms in total. The van der Waals surface area contributed by atoms with Gasteiger partial charge in [0.25, 0.3) is 0 Å². The summed E-state index contributed by atoms with van der Waals surface area (Å²) in [6.45, 7) is 1.33. The lowest BCUT2D eigenvalue weighted by Gasteiger charge is -2.29. The highest BCUT2D eigenvalue weighted by atomic mass is 35.5. The van der Waals surface area contributed by atoms with E-state index in [1.165, 1.54) is 24.0 Å². The minimum atomic E-state index is -4.41. The first-order chi connectivity index (χ1) is 15.3. The third-order valence-electron chi connectivity index (χ3n) is 5.01. The highest BCUT2D eigenvalue weighted by Crippen LogP contribution is 2.33. The van der Waals surface area contributed by atoms with Crippen LogP contribution in [0.25, 0.3) is 5.57 Å². The molecule has 3 rings (SSSR count). The second kappa shape index (κ2) is 9.10. The molecule has 33 heavy (non-hydrogen) atoms. The summed E-state index contributed by atoms with van der Waals surface area (Å²) in [7, 11) is 0. The second-order valence-electron chi connectivity index (χ2n) is 7.93. The maximum absolute atomic E-state index is 12.7. The predicted octanol–water partition coefficient (Wildman–Crippen LogP) is 3.72. The maximum Gasteiger partial charge on any atom is 0.416 e. The maximum atomic E-state index is 12.7. The highest BCUT2D eigenvalue weighted by Gasteiger charge is 2.45. The van der Waals surface area contributed by atoms with Gasteiger partial charge in [-0.05, 0) is 58.1 Å². The molecule has 0 spiro atoms. The Labute approximate surface area is 191 Å². The average molecular weight is 489 g/mol. The fraction of sp³-hybridized carbons (Fsp3) is 0.450. The summed E-state index contributed by atoms with van der Waals surface area (Å²) >= 11 is 6.10. The van der Waals surface area contributed by atoms with Crippen molar-refractivity contribution in [2.24, 2.45) is 9.98 Å².